The van der Waals surface area contributed by atoms with Crippen molar-refractivity contribution >= 4 is 6.09 Å². The molecule has 1 aromatic carbocycles. The maximum absolute atomic E-state index is 11.9. The van der Waals surface area contributed by atoms with Crippen LogP contribution in [-0.2, 0) is 17.8 Å². The molecule has 0 saturated carbocycles. The Bertz CT molecular complexity index is 614. The molecular formula is C13H13F3N4O2. The monoisotopic (exact) mass is 314 g/mol. The number of alkyl halides is 3. The van der Waals surface area contributed by atoms with E-state index >= 15 is 0 Å². The van der Waals surface area contributed by atoms with E-state index < -0.39 is 18.9 Å². The highest BCUT2D eigenvalue weighted by molar-refractivity contribution is 5.67. The van der Waals surface area contributed by atoms with Gasteiger partial charge in [0.1, 0.15) is 12.7 Å². The molecule has 1 amide bonds. The topological polar surface area (TPSA) is 69.0 Å². The summed E-state index contributed by atoms with van der Waals surface area (Å²) in [5, 5.41) is 6.23. The lowest BCUT2D eigenvalue weighted by molar-refractivity contribution is -0.160. The van der Waals surface area contributed by atoms with Gasteiger partial charge in [-0.3, -0.25) is 0 Å². The summed E-state index contributed by atoms with van der Waals surface area (Å²) in [6, 6.07) is 7.21. The van der Waals surface area contributed by atoms with Gasteiger partial charge in [-0.15, -0.1) is 0 Å². The number of carbonyl (C=O) groups is 1. The van der Waals surface area contributed by atoms with Crippen molar-refractivity contribution < 1.29 is 22.7 Å². The summed E-state index contributed by atoms with van der Waals surface area (Å²) in [7, 11) is 0. The summed E-state index contributed by atoms with van der Waals surface area (Å²) in [4.78, 5) is 15.0. The number of hydrogen-bond donors (Lipinski definition) is 1. The number of nitrogens with one attached hydrogen (secondary N) is 1. The molecule has 0 saturated heterocycles. The summed E-state index contributed by atoms with van der Waals surface area (Å²) in [6.07, 6.45) is -2.66. The smallest absolute Gasteiger partial charge is 0.422 e. The fraction of sp³-hybridized carbons (Fsp3) is 0.308. The first-order chi connectivity index (χ1) is 10.4. The zero-order valence-electron chi connectivity index (χ0n) is 11.4. The first-order valence-corrected chi connectivity index (χ1v) is 6.30. The molecule has 0 bridgehead atoms. The van der Waals surface area contributed by atoms with Crippen molar-refractivity contribution in [2.75, 3.05) is 6.61 Å². The van der Waals surface area contributed by atoms with Crippen molar-refractivity contribution in [1.29, 1.82) is 0 Å². The van der Waals surface area contributed by atoms with E-state index in [1.54, 1.807) is 23.1 Å². The first-order valence-electron chi connectivity index (χ1n) is 6.30. The quantitative estimate of drug-likeness (QED) is 0.918. The number of ether oxygens (including phenoxy) is 1. The fourth-order valence-electron chi connectivity index (χ4n) is 1.71. The van der Waals surface area contributed by atoms with Gasteiger partial charge in [-0.2, -0.15) is 18.3 Å². The van der Waals surface area contributed by atoms with Crippen LogP contribution in [0.25, 0.3) is 0 Å². The summed E-state index contributed by atoms with van der Waals surface area (Å²) < 4.78 is 41.4. The van der Waals surface area contributed by atoms with E-state index in [0.717, 1.165) is 11.1 Å². The van der Waals surface area contributed by atoms with Crippen LogP contribution >= 0.6 is 0 Å². The normalized spacial score (nSPS) is 11.2. The molecule has 22 heavy (non-hydrogen) atoms. The Labute approximate surface area is 123 Å². The lowest BCUT2D eigenvalue weighted by atomic mass is 10.1. The highest BCUT2D eigenvalue weighted by atomic mass is 19.4. The van der Waals surface area contributed by atoms with Crippen LogP contribution in [0.2, 0.25) is 0 Å². The van der Waals surface area contributed by atoms with Crippen molar-refractivity contribution in [3.8, 4) is 0 Å². The number of benzene rings is 1. The number of amides is 1. The van der Waals surface area contributed by atoms with Gasteiger partial charge in [-0.05, 0) is 11.1 Å². The van der Waals surface area contributed by atoms with E-state index in [0.29, 0.717) is 6.54 Å². The predicted molar refractivity (Wildman–Crippen MR) is 69.8 cm³/mol. The summed E-state index contributed by atoms with van der Waals surface area (Å²) in [5.74, 6) is 0. The molecule has 6 nitrogen and oxygen atoms in total. The minimum atomic E-state index is -4.53. The maximum atomic E-state index is 11.9. The minimum Gasteiger partial charge on any atom is -0.440 e. The van der Waals surface area contributed by atoms with Crippen molar-refractivity contribution in [1.82, 2.24) is 20.1 Å². The lowest BCUT2D eigenvalue weighted by Gasteiger charge is -2.10. The van der Waals surface area contributed by atoms with Gasteiger partial charge in [-0.1, -0.05) is 24.3 Å². The molecule has 0 aliphatic rings. The Morgan fingerprint density at radius 3 is 2.77 bits per heavy atom. The molecule has 0 spiro atoms. The first kappa shape index (κ1) is 15.8. The molecule has 0 atom stereocenters. The van der Waals surface area contributed by atoms with E-state index in [1.165, 1.54) is 6.33 Å². The van der Waals surface area contributed by atoms with E-state index in [9.17, 15) is 18.0 Å². The van der Waals surface area contributed by atoms with E-state index in [1.807, 2.05) is 12.1 Å². The van der Waals surface area contributed by atoms with Crippen LogP contribution in [0, 0.1) is 0 Å². The van der Waals surface area contributed by atoms with Crippen LogP contribution in [0.3, 0.4) is 0 Å². The Morgan fingerprint density at radius 1 is 1.32 bits per heavy atom. The zero-order valence-corrected chi connectivity index (χ0v) is 11.4. The Morgan fingerprint density at radius 2 is 2.09 bits per heavy atom. The van der Waals surface area contributed by atoms with Crippen molar-refractivity contribution in [2.45, 2.75) is 19.3 Å². The molecule has 2 aromatic rings. The highest BCUT2D eigenvalue weighted by Gasteiger charge is 2.29. The van der Waals surface area contributed by atoms with Gasteiger partial charge in [0.2, 0.25) is 0 Å². The number of rotatable bonds is 5. The second kappa shape index (κ2) is 6.92. The van der Waals surface area contributed by atoms with Crippen molar-refractivity contribution in [2.24, 2.45) is 0 Å². The largest absolute Gasteiger partial charge is 0.440 e. The molecule has 0 radical (unpaired) electrons. The molecule has 1 N–H and O–H groups in total. The average Bonchev–Trinajstić information content (AvgIpc) is 2.95. The molecule has 9 heteroatoms. The lowest BCUT2D eigenvalue weighted by Crippen LogP contribution is -2.28. The third-order valence-corrected chi connectivity index (χ3v) is 2.61. The second-order valence-corrected chi connectivity index (χ2v) is 4.46. The van der Waals surface area contributed by atoms with Crippen molar-refractivity contribution in [3.63, 3.8) is 0 Å². The van der Waals surface area contributed by atoms with Gasteiger partial charge in [-0.25, -0.2) is 14.5 Å². The zero-order chi connectivity index (χ0) is 16.0. The SMILES string of the molecule is O=C(NCc1cccc(Cn2cncn2)c1)OCC(F)(F)F. The molecule has 0 aliphatic carbocycles. The summed E-state index contributed by atoms with van der Waals surface area (Å²) >= 11 is 0. The number of alkyl carbamates (subject to hydrolysis) is 1. The van der Waals surface area contributed by atoms with Gasteiger partial charge in [0.25, 0.3) is 0 Å². The number of aromatic nitrogens is 3. The standard InChI is InChI=1S/C13H13F3N4O2/c14-13(15,16)7-22-12(21)18-5-10-2-1-3-11(4-10)6-20-9-17-8-19-20/h1-4,8-9H,5-7H2,(H,18,21). The Balaban J connectivity index is 1.84. The third kappa shape index (κ3) is 5.43. The molecule has 118 valence electrons. The van der Waals surface area contributed by atoms with Crippen LogP contribution in [0.4, 0.5) is 18.0 Å². The van der Waals surface area contributed by atoms with E-state index in [4.69, 9.17) is 0 Å². The Kier molecular flexibility index (Phi) is 4.97. The third-order valence-electron chi connectivity index (χ3n) is 2.61. The molecule has 0 fully saturated rings. The molecule has 2 rings (SSSR count). The number of hydrogen-bond acceptors (Lipinski definition) is 4. The second-order valence-electron chi connectivity index (χ2n) is 4.46. The predicted octanol–water partition coefficient (Wildman–Crippen LogP) is 2.11. The summed E-state index contributed by atoms with van der Waals surface area (Å²) in [5.41, 5.74) is 1.66. The van der Waals surface area contributed by atoms with E-state index in [2.05, 4.69) is 20.1 Å². The van der Waals surface area contributed by atoms with Crippen LogP contribution in [0.1, 0.15) is 11.1 Å². The van der Waals surface area contributed by atoms with E-state index in [-0.39, 0.29) is 6.54 Å². The number of nitrogens with zero attached hydrogens (tertiary/aromatic N) is 3. The van der Waals surface area contributed by atoms with Crippen molar-refractivity contribution in [3.05, 3.63) is 48.0 Å². The Hall–Kier alpha value is -2.58. The maximum Gasteiger partial charge on any atom is 0.422 e. The van der Waals surface area contributed by atoms with Gasteiger partial charge in [0.15, 0.2) is 6.61 Å². The fourth-order valence-corrected chi connectivity index (χ4v) is 1.71. The molecule has 0 unspecified atom stereocenters. The molecule has 1 heterocycles. The highest BCUT2D eigenvalue weighted by Crippen LogP contribution is 2.14. The van der Waals surface area contributed by atoms with Gasteiger partial charge < -0.3 is 10.1 Å². The van der Waals surface area contributed by atoms with Gasteiger partial charge in [0, 0.05) is 6.54 Å². The van der Waals surface area contributed by atoms with Crippen LogP contribution in [0.5, 0.6) is 0 Å². The van der Waals surface area contributed by atoms with Crippen LogP contribution in [-0.4, -0.2) is 33.6 Å². The minimum absolute atomic E-state index is 0.0713. The van der Waals surface area contributed by atoms with Crippen LogP contribution < -0.4 is 5.32 Å². The molecule has 0 aliphatic heterocycles. The number of carbonyl (C=O) groups excluding carboxylic acids is 1. The molecule has 1 aromatic heterocycles. The van der Waals surface area contributed by atoms with Crippen LogP contribution in [0.15, 0.2) is 36.9 Å². The van der Waals surface area contributed by atoms with Gasteiger partial charge >= 0.3 is 12.3 Å². The summed E-state index contributed by atoms with van der Waals surface area (Å²) in [6.45, 7) is -1.03. The average molecular weight is 314 g/mol. The number of halogens is 3. The van der Waals surface area contributed by atoms with Gasteiger partial charge in [0.05, 0.1) is 6.54 Å². The molecular weight excluding hydrogens is 301 g/mol.